The van der Waals surface area contributed by atoms with Crippen LogP contribution < -0.4 is 9.64 Å². The summed E-state index contributed by atoms with van der Waals surface area (Å²) in [6, 6.07) is 13.5. The van der Waals surface area contributed by atoms with E-state index in [0.29, 0.717) is 22.7 Å². The first-order valence-corrected chi connectivity index (χ1v) is 9.09. The quantitative estimate of drug-likeness (QED) is 0.558. The molecule has 1 heterocycles. The monoisotopic (exact) mass is 407 g/mol. The van der Waals surface area contributed by atoms with Crippen molar-refractivity contribution in [3.8, 4) is 5.75 Å². The van der Waals surface area contributed by atoms with Gasteiger partial charge in [-0.05, 0) is 55.0 Å². The molecule has 1 aliphatic heterocycles. The average Bonchev–Trinajstić information content (AvgIpc) is 3.02. The second-order valence-electron chi connectivity index (χ2n) is 6.46. The molecule has 1 aliphatic rings. The van der Waals surface area contributed by atoms with Crippen molar-refractivity contribution in [3.63, 3.8) is 0 Å². The van der Waals surface area contributed by atoms with Crippen molar-refractivity contribution in [3.05, 3.63) is 76.5 Å². The molecule has 30 heavy (non-hydrogen) atoms. The zero-order valence-corrected chi connectivity index (χ0v) is 17.1. The topological polar surface area (TPSA) is 82.1 Å². The summed E-state index contributed by atoms with van der Waals surface area (Å²) in [6.45, 7) is 1.67. The minimum absolute atomic E-state index is 0.190. The molecule has 3 rings (SSSR count). The van der Waals surface area contributed by atoms with Gasteiger partial charge in [0, 0.05) is 11.4 Å². The first-order valence-electron chi connectivity index (χ1n) is 9.09. The van der Waals surface area contributed by atoms with Gasteiger partial charge >= 0.3 is 11.9 Å². The van der Waals surface area contributed by atoms with Crippen LogP contribution in [0.3, 0.4) is 0 Å². The zero-order valence-electron chi connectivity index (χ0n) is 17.1. The lowest BCUT2D eigenvalue weighted by molar-refractivity contribution is -0.136. The van der Waals surface area contributed by atoms with Gasteiger partial charge in [0.15, 0.2) is 0 Å². The van der Waals surface area contributed by atoms with Gasteiger partial charge in [0.25, 0.3) is 5.91 Å². The molecule has 0 unspecified atom stereocenters. The second-order valence-corrected chi connectivity index (χ2v) is 6.46. The van der Waals surface area contributed by atoms with Crippen LogP contribution in [0.15, 0.2) is 65.4 Å². The molecule has 7 heteroatoms. The van der Waals surface area contributed by atoms with Crippen molar-refractivity contribution < 1.29 is 28.6 Å². The summed E-state index contributed by atoms with van der Waals surface area (Å²) >= 11 is 0. The third kappa shape index (κ3) is 3.82. The number of amides is 1. The number of carbonyl (C=O) groups is 3. The van der Waals surface area contributed by atoms with Gasteiger partial charge in [-0.1, -0.05) is 12.1 Å². The third-order valence-electron chi connectivity index (χ3n) is 4.76. The van der Waals surface area contributed by atoms with Crippen LogP contribution in [0.25, 0.3) is 6.08 Å². The molecule has 0 radical (unpaired) electrons. The Morgan fingerprint density at radius 1 is 0.867 bits per heavy atom. The largest absolute Gasteiger partial charge is 0.497 e. The van der Waals surface area contributed by atoms with Crippen LogP contribution in [-0.4, -0.2) is 39.2 Å². The number of methoxy groups -OCH3 is 3. The number of nitrogens with zero attached hydrogens (tertiary/aromatic N) is 1. The minimum atomic E-state index is -0.603. The van der Waals surface area contributed by atoms with Crippen molar-refractivity contribution in [2.45, 2.75) is 6.92 Å². The number of anilines is 1. The number of rotatable bonds is 5. The van der Waals surface area contributed by atoms with Crippen molar-refractivity contribution in [2.24, 2.45) is 0 Å². The molecule has 0 spiro atoms. The molecule has 1 amide bonds. The number of benzene rings is 2. The SMILES string of the molecule is COC(=O)C1=C(C)N(c2ccc(C(=O)OC)cc2)C(=O)C1=Cc1ccc(OC)cc1. The Kier molecular flexibility index (Phi) is 6.01. The molecule has 0 N–H and O–H groups in total. The Morgan fingerprint density at radius 3 is 2.00 bits per heavy atom. The maximum absolute atomic E-state index is 13.2. The fourth-order valence-electron chi connectivity index (χ4n) is 3.22. The molecule has 0 aromatic heterocycles. The average molecular weight is 407 g/mol. The first-order chi connectivity index (χ1) is 14.4. The fourth-order valence-corrected chi connectivity index (χ4v) is 3.22. The summed E-state index contributed by atoms with van der Waals surface area (Å²) < 4.78 is 14.8. The molecule has 0 aliphatic carbocycles. The van der Waals surface area contributed by atoms with E-state index in [-0.39, 0.29) is 17.1 Å². The van der Waals surface area contributed by atoms with E-state index in [2.05, 4.69) is 0 Å². The second kappa shape index (κ2) is 8.65. The summed E-state index contributed by atoms with van der Waals surface area (Å²) in [7, 11) is 4.14. The molecule has 7 nitrogen and oxygen atoms in total. The Labute approximate surface area is 174 Å². The highest BCUT2D eigenvalue weighted by Gasteiger charge is 2.37. The highest BCUT2D eigenvalue weighted by molar-refractivity contribution is 6.23. The number of carbonyl (C=O) groups excluding carboxylic acids is 3. The van der Waals surface area contributed by atoms with E-state index in [0.717, 1.165) is 5.56 Å². The molecule has 2 aromatic rings. The molecule has 0 fully saturated rings. The van der Waals surface area contributed by atoms with E-state index in [1.165, 1.54) is 19.1 Å². The predicted molar refractivity (Wildman–Crippen MR) is 111 cm³/mol. The van der Waals surface area contributed by atoms with E-state index in [1.807, 2.05) is 0 Å². The molecule has 0 bridgehead atoms. The highest BCUT2D eigenvalue weighted by Crippen LogP contribution is 2.35. The fraction of sp³-hybridized carbons (Fsp3) is 0.174. The first kappa shape index (κ1) is 20.9. The minimum Gasteiger partial charge on any atom is -0.497 e. The van der Waals surface area contributed by atoms with Crippen molar-refractivity contribution in [1.29, 1.82) is 0 Å². The Bertz CT molecular complexity index is 1050. The number of ether oxygens (including phenoxy) is 3. The lowest BCUT2D eigenvalue weighted by Crippen LogP contribution is -2.24. The molecule has 0 saturated heterocycles. The predicted octanol–water partition coefficient (Wildman–Crippen LogP) is 3.36. The normalized spacial score (nSPS) is 14.9. The Balaban J connectivity index is 2.05. The van der Waals surface area contributed by atoms with Crippen LogP contribution in [0.5, 0.6) is 5.75 Å². The molecule has 2 aromatic carbocycles. The number of hydrogen-bond donors (Lipinski definition) is 0. The van der Waals surface area contributed by atoms with Gasteiger partial charge in [0.2, 0.25) is 0 Å². The number of hydrogen-bond acceptors (Lipinski definition) is 6. The van der Waals surface area contributed by atoms with Crippen molar-refractivity contribution in [2.75, 3.05) is 26.2 Å². The van der Waals surface area contributed by atoms with Crippen LogP contribution in [0.4, 0.5) is 5.69 Å². The van der Waals surface area contributed by atoms with E-state index in [1.54, 1.807) is 68.6 Å². The summed E-state index contributed by atoms with van der Waals surface area (Å²) in [5.74, 6) is -0.761. The van der Waals surface area contributed by atoms with Crippen LogP contribution in [0.1, 0.15) is 22.8 Å². The lowest BCUT2D eigenvalue weighted by atomic mass is 10.0. The molecular formula is C23H21NO6. The summed E-state index contributed by atoms with van der Waals surface area (Å²) in [5.41, 5.74) is 2.46. The molecular weight excluding hydrogens is 386 g/mol. The van der Waals surface area contributed by atoms with Crippen molar-refractivity contribution in [1.82, 2.24) is 0 Å². The van der Waals surface area contributed by atoms with E-state index < -0.39 is 11.9 Å². The molecule has 154 valence electrons. The van der Waals surface area contributed by atoms with Gasteiger partial charge in [-0.3, -0.25) is 9.69 Å². The number of allylic oxidation sites excluding steroid dienone is 1. The Morgan fingerprint density at radius 2 is 1.47 bits per heavy atom. The van der Waals surface area contributed by atoms with Gasteiger partial charge in [0.05, 0.1) is 38.0 Å². The smallest absolute Gasteiger partial charge is 0.340 e. The van der Waals surface area contributed by atoms with Crippen LogP contribution in [-0.2, 0) is 19.1 Å². The van der Waals surface area contributed by atoms with Gasteiger partial charge < -0.3 is 14.2 Å². The van der Waals surface area contributed by atoms with Gasteiger partial charge in [-0.25, -0.2) is 9.59 Å². The maximum atomic E-state index is 13.2. The van der Waals surface area contributed by atoms with Gasteiger partial charge in [0.1, 0.15) is 5.75 Å². The third-order valence-corrected chi connectivity index (χ3v) is 4.76. The van der Waals surface area contributed by atoms with Crippen LogP contribution in [0, 0.1) is 0 Å². The summed E-state index contributed by atoms with van der Waals surface area (Å²) in [5, 5.41) is 0. The van der Waals surface area contributed by atoms with Gasteiger partial charge in [-0.15, -0.1) is 0 Å². The van der Waals surface area contributed by atoms with Crippen LogP contribution >= 0.6 is 0 Å². The Hall–Kier alpha value is -3.87. The van der Waals surface area contributed by atoms with E-state index in [9.17, 15) is 14.4 Å². The molecule has 0 saturated carbocycles. The van der Waals surface area contributed by atoms with Gasteiger partial charge in [-0.2, -0.15) is 0 Å². The van der Waals surface area contributed by atoms with E-state index >= 15 is 0 Å². The summed E-state index contributed by atoms with van der Waals surface area (Å²) in [4.78, 5) is 38.8. The van der Waals surface area contributed by atoms with Crippen LogP contribution in [0.2, 0.25) is 0 Å². The van der Waals surface area contributed by atoms with Crippen molar-refractivity contribution >= 4 is 29.6 Å². The zero-order chi connectivity index (χ0) is 21.8. The standard InChI is InChI=1S/C23H21NO6/c1-14-20(23(27)30-4)19(13-15-5-11-18(28-2)12-6-15)21(25)24(14)17-9-7-16(8-10-17)22(26)29-3/h5-13H,1-4H3. The molecule has 0 atom stereocenters. The number of esters is 2. The summed E-state index contributed by atoms with van der Waals surface area (Å²) in [6.07, 6.45) is 1.64. The maximum Gasteiger partial charge on any atom is 0.340 e. The van der Waals surface area contributed by atoms with E-state index in [4.69, 9.17) is 14.2 Å². The lowest BCUT2D eigenvalue weighted by Gasteiger charge is -2.18. The highest BCUT2D eigenvalue weighted by atomic mass is 16.5.